The van der Waals surface area contributed by atoms with Crippen LogP contribution in [-0.4, -0.2) is 37.4 Å². The fraction of sp³-hybridized carbons (Fsp3) is 0.429. The Hall–Kier alpha value is -3.21. The lowest BCUT2D eigenvalue weighted by Crippen LogP contribution is -2.40. The molecule has 0 saturated carbocycles. The number of halogens is 3. The van der Waals surface area contributed by atoms with Crippen molar-refractivity contribution in [3.63, 3.8) is 0 Å². The fourth-order valence-corrected chi connectivity index (χ4v) is 4.67. The van der Waals surface area contributed by atoms with E-state index in [0.29, 0.717) is 31.6 Å². The van der Waals surface area contributed by atoms with E-state index in [4.69, 9.17) is 4.42 Å². The van der Waals surface area contributed by atoms with Crippen LogP contribution >= 0.6 is 0 Å². The molecule has 0 aromatic carbocycles. The number of rotatable bonds is 4. The Labute approximate surface area is 180 Å². The van der Waals surface area contributed by atoms with Crippen LogP contribution < -0.4 is 0 Å². The van der Waals surface area contributed by atoms with Crippen molar-refractivity contribution in [3.8, 4) is 11.5 Å². The third-order valence-electron chi connectivity index (χ3n) is 6.04. The van der Waals surface area contributed by atoms with Crippen molar-refractivity contribution in [1.29, 1.82) is 0 Å². The second-order valence-electron chi connectivity index (χ2n) is 8.81. The maximum atomic E-state index is 12.8. The summed E-state index contributed by atoms with van der Waals surface area (Å²) in [6.07, 6.45) is -1.68. The second-order valence-corrected chi connectivity index (χ2v) is 8.81. The van der Waals surface area contributed by atoms with E-state index < -0.39 is 16.9 Å². The van der Waals surface area contributed by atoms with Crippen LogP contribution in [0.4, 0.5) is 19.0 Å². The molecule has 5 heterocycles. The standard InChI is InChI=1S/C21H20F3N5O3/c1-20(8-18-26-19(29(30)31)10-28(18)12-20)11-27-7-6-14-13(9-27)2-3-15(25-14)16-4-5-17(32-16)21(22,23)24/h2-5,10H,6-9,11-12H2,1H3/t20-/m0/s1. The average Bonchev–Trinajstić information content (AvgIpc) is 3.41. The van der Waals surface area contributed by atoms with Crippen LogP contribution in [0.2, 0.25) is 0 Å². The zero-order valence-electron chi connectivity index (χ0n) is 17.2. The Morgan fingerprint density at radius 1 is 1.25 bits per heavy atom. The van der Waals surface area contributed by atoms with Gasteiger partial charge in [-0.25, -0.2) is 4.98 Å². The Bertz CT molecular complexity index is 1180. The minimum Gasteiger partial charge on any atom is -0.450 e. The number of furan rings is 1. The van der Waals surface area contributed by atoms with Crippen LogP contribution in [0.5, 0.6) is 0 Å². The zero-order chi connectivity index (χ0) is 22.7. The first-order chi connectivity index (χ1) is 15.1. The van der Waals surface area contributed by atoms with Crippen molar-refractivity contribution in [2.24, 2.45) is 5.41 Å². The molecule has 1 atom stereocenters. The lowest BCUT2D eigenvalue weighted by molar-refractivity contribution is -0.389. The lowest BCUT2D eigenvalue weighted by atomic mass is 9.87. The van der Waals surface area contributed by atoms with Crippen molar-refractivity contribution < 1.29 is 22.5 Å². The number of pyridine rings is 1. The molecule has 0 bridgehead atoms. The number of hydrogen-bond acceptors (Lipinski definition) is 6. The van der Waals surface area contributed by atoms with E-state index >= 15 is 0 Å². The van der Waals surface area contributed by atoms with Crippen LogP contribution in [-0.2, 0) is 32.1 Å². The predicted octanol–water partition coefficient (Wildman–Crippen LogP) is 4.09. The molecule has 0 N–H and O–H groups in total. The summed E-state index contributed by atoms with van der Waals surface area (Å²) in [6.45, 7) is 5.09. The fourth-order valence-electron chi connectivity index (χ4n) is 4.67. The Morgan fingerprint density at radius 2 is 2.06 bits per heavy atom. The molecular formula is C21H20F3N5O3. The van der Waals surface area contributed by atoms with Gasteiger partial charge in [-0.05, 0) is 33.7 Å². The molecule has 32 heavy (non-hydrogen) atoms. The van der Waals surface area contributed by atoms with Crippen molar-refractivity contribution in [2.45, 2.75) is 39.0 Å². The van der Waals surface area contributed by atoms with Crippen LogP contribution in [0.1, 0.15) is 29.8 Å². The van der Waals surface area contributed by atoms with Crippen molar-refractivity contribution in [3.05, 3.63) is 63.4 Å². The zero-order valence-corrected chi connectivity index (χ0v) is 17.2. The van der Waals surface area contributed by atoms with Gasteiger partial charge in [0.05, 0.1) is 0 Å². The van der Waals surface area contributed by atoms with E-state index in [2.05, 4.69) is 21.8 Å². The molecule has 0 unspecified atom stereocenters. The lowest BCUT2D eigenvalue weighted by Gasteiger charge is -2.34. The molecule has 3 aromatic rings. The summed E-state index contributed by atoms with van der Waals surface area (Å²) in [6, 6.07) is 5.79. The predicted molar refractivity (Wildman–Crippen MR) is 107 cm³/mol. The summed E-state index contributed by atoms with van der Waals surface area (Å²) in [7, 11) is 0. The molecule has 2 aliphatic rings. The van der Waals surface area contributed by atoms with Gasteiger partial charge in [0.2, 0.25) is 11.6 Å². The van der Waals surface area contributed by atoms with E-state index in [1.165, 1.54) is 12.3 Å². The normalized spacial score (nSPS) is 20.9. The molecule has 5 rings (SSSR count). The molecule has 2 aliphatic heterocycles. The van der Waals surface area contributed by atoms with Gasteiger partial charge >= 0.3 is 12.0 Å². The van der Waals surface area contributed by atoms with Gasteiger partial charge in [0.25, 0.3) is 0 Å². The van der Waals surface area contributed by atoms with Crippen LogP contribution in [0.25, 0.3) is 11.5 Å². The summed E-state index contributed by atoms with van der Waals surface area (Å²) < 4.78 is 45.2. The Balaban J connectivity index is 1.27. The van der Waals surface area contributed by atoms with Gasteiger partial charge in [-0.3, -0.25) is 4.90 Å². The highest BCUT2D eigenvalue weighted by atomic mass is 19.4. The van der Waals surface area contributed by atoms with Gasteiger partial charge in [0.15, 0.2) is 5.76 Å². The second kappa shape index (κ2) is 7.16. The number of fused-ring (bicyclic) bond motifs is 2. The maximum absolute atomic E-state index is 12.8. The number of alkyl halides is 3. The SMILES string of the molecule is C[C@@]1(CN2CCc3nc(-c4ccc(C(F)(F)F)o4)ccc3C2)Cc2nc([N+](=O)[O-])cn2C1. The van der Waals surface area contributed by atoms with Gasteiger partial charge in [0, 0.05) is 50.1 Å². The highest BCUT2D eigenvalue weighted by Crippen LogP contribution is 2.36. The van der Waals surface area contributed by atoms with E-state index in [1.807, 2.05) is 10.6 Å². The number of aromatic nitrogens is 3. The van der Waals surface area contributed by atoms with E-state index in [9.17, 15) is 23.3 Å². The topological polar surface area (TPSA) is 90.2 Å². The average molecular weight is 447 g/mol. The monoisotopic (exact) mass is 447 g/mol. The summed E-state index contributed by atoms with van der Waals surface area (Å²) in [5, 5.41) is 10.9. The molecule has 0 amide bonds. The van der Waals surface area contributed by atoms with Crippen LogP contribution in [0.3, 0.4) is 0 Å². The van der Waals surface area contributed by atoms with Crippen molar-refractivity contribution in [1.82, 2.24) is 19.4 Å². The number of nitrogens with zero attached hydrogens (tertiary/aromatic N) is 5. The molecular weight excluding hydrogens is 427 g/mol. The highest BCUT2D eigenvalue weighted by Gasteiger charge is 2.40. The number of nitro groups is 1. The minimum absolute atomic E-state index is 0.0789. The van der Waals surface area contributed by atoms with Crippen molar-refractivity contribution >= 4 is 5.82 Å². The summed E-state index contributed by atoms with van der Waals surface area (Å²) >= 11 is 0. The van der Waals surface area contributed by atoms with E-state index in [0.717, 1.165) is 36.2 Å². The van der Waals surface area contributed by atoms with Crippen LogP contribution in [0, 0.1) is 15.5 Å². The summed E-state index contributed by atoms with van der Waals surface area (Å²) in [5.41, 5.74) is 2.22. The third kappa shape index (κ3) is 3.77. The quantitative estimate of drug-likeness (QED) is 0.442. The largest absolute Gasteiger partial charge is 0.450 e. The maximum Gasteiger partial charge on any atom is 0.449 e. The first kappa shape index (κ1) is 20.7. The first-order valence-corrected chi connectivity index (χ1v) is 10.2. The minimum atomic E-state index is -4.52. The molecule has 0 spiro atoms. The molecule has 0 saturated heterocycles. The van der Waals surface area contributed by atoms with E-state index in [1.54, 1.807) is 6.07 Å². The first-order valence-electron chi connectivity index (χ1n) is 10.2. The number of imidazole rings is 1. The third-order valence-corrected chi connectivity index (χ3v) is 6.04. The molecule has 8 nitrogen and oxygen atoms in total. The van der Waals surface area contributed by atoms with Gasteiger partial charge in [-0.2, -0.15) is 13.2 Å². The smallest absolute Gasteiger partial charge is 0.449 e. The molecule has 11 heteroatoms. The Kier molecular flexibility index (Phi) is 4.63. The molecule has 0 fully saturated rings. The van der Waals surface area contributed by atoms with E-state index in [-0.39, 0.29) is 17.0 Å². The van der Waals surface area contributed by atoms with Crippen molar-refractivity contribution in [2.75, 3.05) is 13.1 Å². The molecule has 168 valence electrons. The summed E-state index contributed by atoms with van der Waals surface area (Å²) in [4.78, 5) is 21.4. The molecule has 3 aromatic heterocycles. The highest BCUT2D eigenvalue weighted by molar-refractivity contribution is 5.53. The van der Waals surface area contributed by atoms with Gasteiger partial charge in [-0.15, -0.1) is 0 Å². The van der Waals surface area contributed by atoms with Gasteiger partial charge < -0.3 is 19.1 Å². The summed E-state index contributed by atoms with van der Waals surface area (Å²) in [5.74, 6) is -0.313. The van der Waals surface area contributed by atoms with Crippen LogP contribution in [0.15, 0.2) is 34.9 Å². The van der Waals surface area contributed by atoms with Gasteiger partial charge in [-0.1, -0.05) is 13.0 Å². The van der Waals surface area contributed by atoms with Gasteiger partial charge in [0.1, 0.15) is 11.9 Å². The number of hydrogen-bond donors (Lipinski definition) is 0. The molecule has 0 radical (unpaired) electrons. The Morgan fingerprint density at radius 3 is 2.75 bits per heavy atom. The molecule has 0 aliphatic carbocycles.